The molecule has 19 atom stereocenters. The van der Waals surface area contributed by atoms with E-state index in [1.807, 2.05) is 64.1 Å². The van der Waals surface area contributed by atoms with E-state index in [1.165, 1.54) is 70.5 Å². The van der Waals surface area contributed by atoms with Crippen LogP contribution in [0.5, 0.6) is 34.5 Å². The summed E-state index contributed by atoms with van der Waals surface area (Å²) in [7, 11) is 3.17. The van der Waals surface area contributed by atoms with Crippen LogP contribution >= 0.6 is 0 Å². The second-order valence-electron chi connectivity index (χ2n) is 39.3. The highest BCUT2D eigenvalue weighted by Gasteiger charge is 2.53. The number of anilines is 2. The largest absolute Gasteiger partial charge is 0.504 e. The van der Waals surface area contributed by atoms with E-state index < -0.39 is 248 Å². The van der Waals surface area contributed by atoms with E-state index in [-0.39, 0.29) is 109 Å². The molecule has 8 aromatic carbocycles. The Morgan fingerprint density at radius 3 is 1.14 bits per heavy atom. The molecule has 16 rings (SSSR count). The van der Waals surface area contributed by atoms with Crippen molar-refractivity contribution in [3.05, 3.63) is 239 Å². The van der Waals surface area contributed by atoms with Crippen molar-refractivity contribution in [3.63, 3.8) is 0 Å². The van der Waals surface area contributed by atoms with Gasteiger partial charge in [0.2, 0.25) is 94.5 Å². The van der Waals surface area contributed by atoms with Crippen LogP contribution in [0.2, 0.25) is 0 Å². The highest BCUT2D eigenvalue weighted by molar-refractivity contribution is 6.02. The lowest BCUT2D eigenvalue weighted by Crippen LogP contribution is -2.66. The van der Waals surface area contributed by atoms with E-state index in [9.17, 15) is 53.7 Å². The van der Waals surface area contributed by atoms with Gasteiger partial charge in [-0.2, -0.15) is 0 Å². The molecule has 16 amide bonds. The smallest absolute Gasteiger partial charge is 0.247 e. The molecule has 8 aliphatic heterocycles. The lowest BCUT2D eigenvalue weighted by atomic mass is 9.82. The number of ether oxygens (including phenoxy) is 2. The van der Waals surface area contributed by atoms with E-state index in [4.69, 9.17) is 32.4 Å². The summed E-state index contributed by atoms with van der Waals surface area (Å²) in [5.74, 6) is -16.3. The number of aliphatic hydroxyl groups excluding tert-OH is 1. The Hall–Kier alpha value is -16.1. The maximum atomic E-state index is 16.0. The number of phenolic OH excluding ortho intramolecular Hbond substituents is 2. The van der Waals surface area contributed by atoms with Crippen molar-refractivity contribution < 1.29 is 102 Å². The third-order valence-electron chi connectivity index (χ3n) is 27.6. The summed E-state index contributed by atoms with van der Waals surface area (Å²) < 4.78 is 12.3. The molecule has 0 saturated carbocycles. The van der Waals surface area contributed by atoms with Crippen LogP contribution in [-0.4, -0.2) is 264 Å². The fraction of sp³-hybridized carbons (Fsp3) is 0.402. The molecular formula is C107H130N22O21. The van der Waals surface area contributed by atoms with Crippen LogP contribution in [0.15, 0.2) is 194 Å². The zero-order valence-corrected chi connectivity index (χ0v) is 83.8. The Bertz CT molecular complexity index is 5910. The number of piperidine rings is 2. The summed E-state index contributed by atoms with van der Waals surface area (Å²) in [6, 6.07) is 29.1. The maximum absolute atomic E-state index is 16.0. The number of likely N-dealkylation sites (tertiary alicyclic amines) is 2. The molecule has 43 heteroatoms. The van der Waals surface area contributed by atoms with Crippen molar-refractivity contribution in [2.45, 2.75) is 207 Å². The number of phenols is 2. The van der Waals surface area contributed by atoms with E-state index >= 15 is 38.4 Å². The summed E-state index contributed by atoms with van der Waals surface area (Å²) in [6.45, 7) is 5.08. The van der Waals surface area contributed by atoms with Crippen LogP contribution in [0.3, 0.4) is 0 Å². The molecule has 0 radical (unpaired) electrons. The predicted molar refractivity (Wildman–Crippen MR) is 550 cm³/mol. The molecule has 8 bridgehead atoms. The zero-order chi connectivity index (χ0) is 107. The van der Waals surface area contributed by atoms with Gasteiger partial charge >= 0.3 is 0 Å². The molecule has 8 aliphatic rings. The second kappa shape index (κ2) is 50.1. The maximum Gasteiger partial charge on any atom is 0.247 e. The minimum atomic E-state index is -1.87. The van der Waals surface area contributed by atoms with Crippen molar-refractivity contribution in [1.29, 1.82) is 0 Å². The first kappa shape index (κ1) is 110. The van der Waals surface area contributed by atoms with E-state index in [1.54, 1.807) is 111 Å². The molecule has 43 nitrogen and oxygen atoms in total. The predicted octanol–water partition coefficient (Wildman–Crippen LogP) is 0.0605. The average Bonchev–Trinajstić information content (AvgIpc) is 1.60. The number of carbonyl (C=O) groups is 16. The van der Waals surface area contributed by atoms with E-state index in [0.29, 0.717) is 46.5 Å². The van der Waals surface area contributed by atoms with Gasteiger partial charge in [0.15, 0.2) is 23.0 Å². The highest BCUT2D eigenvalue weighted by atomic mass is 16.5. The molecule has 8 heterocycles. The molecule has 0 aliphatic carbocycles. The minimum Gasteiger partial charge on any atom is -0.504 e. The fourth-order valence-corrected chi connectivity index (χ4v) is 19.9. The Morgan fingerprint density at radius 1 is 0.420 bits per heavy atom. The molecule has 150 heavy (non-hydrogen) atoms. The number of rotatable bonds is 36. The first-order valence-electron chi connectivity index (χ1n) is 50.1. The van der Waals surface area contributed by atoms with Crippen molar-refractivity contribution in [2.75, 3.05) is 64.0 Å². The lowest BCUT2D eigenvalue weighted by molar-refractivity contribution is -0.146. The number of aromatic hydroxyl groups is 2. The summed E-state index contributed by atoms with van der Waals surface area (Å²) in [6.07, 6.45) is -2.59. The number of likely N-dealkylation sites (N-methyl/N-ethyl adjacent to an activating group) is 2. The first-order valence-corrected chi connectivity index (χ1v) is 50.1. The number of nitrogens with one attached hydrogen (secondary N) is 16. The first-order chi connectivity index (χ1) is 71.9. The van der Waals surface area contributed by atoms with Gasteiger partial charge in [-0.25, -0.2) is 0 Å². The minimum absolute atomic E-state index is 0.0497. The number of hydrogen-bond acceptors (Lipinski definition) is 27. The van der Waals surface area contributed by atoms with E-state index in [0.717, 1.165) is 11.1 Å². The van der Waals surface area contributed by atoms with Crippen LogP contribution < -0.4 is 117 Å². The summed E-state index contributed by atoms with van der Waals surface area (Å²) in [5.41, 5.74) is 29.2. The number of primary amides is 2. The van der Waals surface area contributed by atoms with Crippen LogP contribution in [-0.2, 0) is 102 Å². The van der Waals surface area contributed by atoms with Crippen molar-refractivity contribution >= 4 is 106 Å². The molecule has 0 spiro atoms. The van der Waals surface area contributed by atoms with Gasteiger partial charge in [0.05, 0.1) is 43.1 Å². The Kier molecular flexibility index (Phi) is 36.6. The van der Waals surface area contributed by atoms with Gasteiger partial charge in [-0.3, -0.25) is 76.7 Å². The molecule has 8 aromatic rings. The van der Waals surface area contributed by atoms with E-state index in [2.05, 4.69) is 85.1 Å². The molecule has 2 saturated heterocycles. The Labute approximate surface area is 865 Å². The monoisotopic (exact) mass is 2060 g/mol. The van der Waals surface area contributed by atoms with Crippen molar-refractivity contribution in [2.24, 2.45) is 34.8 Å². The van der Waals surface area contributed by atoms with Crippen molar-refractivity contribution in [3.8, 4) is 34.5 Å². The summed E-state index contributed by atoms with van der Waals surface area (Å²) >= 11 is 0. The number of nitrogens with two attached hydrogens (primary N) is 4. The van der Waals surface area contributed by atoms with Crippen LogP contribution in [0, 0.1) is 11.8 Å². The van der Waals surface area contributed by atoms with Crippen LogP contribution in [0.25, 0.3) is 0 Å². The molecular weight excluding hydrogens is 1930 g/mol. The van der Waals surface area contributed by atoms with Crippen LogP contribution in [0.1, 0.15) is 135 Å². The summed E-state index contributed by atoms with van der Waals surface area (Å²) in [5, 5.41) is 79.7. The SMILES string of the molecule is CN[C@H](CC(C)C)C(=O)N[C@@H]1Cc2ccc(cc2)Oc2cc(ccc2O)[C@H](C(=O)N[C@H](CN)C(=O)N[C@@H](Cc2ccccc2)C(=O)N2CCC3c4ccccc4NC3[C@H]2C(=O)NCC(O)CNC(=O)[C@H]2C3Nc4ccccc4C3CCN2C(=O)[C@H](Cc2ccccc2)NC(=O)[C@@H](CN)NC(=O)[C@@H]2NC(=O)[C@H](CC(N)=O)NC(=O)[C@H](NC(=O)[C@@H](CC(C)C)NC)Cc3ccc(cc3)Oc3cc2ccc3O)NC(=O)[C@H](CC(N)=O)NC1=O. The standard InChI is InChI=1S/C107H130N22O21/c1-55(2)41-72(112-5)94(135)118-74-43-59-25-31-64(32-26-59)149-84-47-61(29-35-82(84)131)88(126-98(139)76(49-86(110)133)120-96(74)137)102(143)124-80(51-108)100(141)122-78(45-57-17-9-7-10-18-57)106(147)128-39-37-68-66-21-13-15-23-70(66)116-90(68)92(128)104(145)114-53-63(130)54-115-105(146)93-91-69(67-22-14-16-24-71(67)117-91)38-40-129(93)107(148)79(46-58-19-11-8-12-20-58)123-101(142)81(52-109)125-103(144)89-62-30-36-83(132)85(48-62)150-65-33-27-60(28-34-65)44-75(119-95(136)73(113-6)42-56(3)4)97(138)121-77(50-87(111)134)99(140)127-89/h7-36,47-48,55-56,63,68-69,72-81,88-93,112-113,116-117,130-132H,37-46,49-54,108-109H2,1-6H3,(H2,110,133)(H2,111,134)(H,114,145)(H,115,146)(H,118,135)(H,119,136)(H,120,137)(H,121,138)(H,122,141)(H,123,142)(H,124,143)(H,125,144)(H,126,139)(H,127,140)/t63?,68?,69?,72-,73-,74-,75-,76+,77+,78+,79+,80-,81-,88-,89-,90?,91?,92-,93+/m1/s1. The average molecular weight is 2060 g/mol. The number of carbonyl (C=O) groups excluding carboxylic acids is 16. The quantitative estimate of drug-likeness (QED) is 0.0247. The van der Waals surface area contributed by atoms with Gasteiger partial charge in [-0.1, -0.05) is 161 Å². The second-order valence-corrected chi connectivity index (χ2v) is 39.3. The van der Waals surface area contributed by atoms with Gasteiger partial charge in [-0.15, -0.1) is 0 Å². The zero-order valence-electron chi connectivity index (χ0n) is 83.8. The number of benzene rings is 8. The number of hydrogen-bond donors (Lipinski definition) is 23. The third kappa shape index (κ3) is 27.3. The van der Waals surface area contributed by atoms with Crippen LogP contribution in [0.4, 0.5) is 11.4 Å². The Balaban J connectivity index is 0.690. The topological polar surface area (TPSA) is 655 Å². The number of fused-ring (bicyclic) bond motifs is 24. The molecule has 0 aromatic heterocycles. The lowest BCUT2D eigenvalue weighted by Gasteiger charge is -2.43. The van der Waals surface area contributed by atoms with Gasteiger partial charge in [-0.05, 0) is 157 Å². The number of nitrogens with zero attached hydrogens (tertiary/aromatic N) is 2. The summed E-state index contributed by atoms with van der Waals surface area (Å²) in [4.78, 5) is 239. The number of para-hydroxylation sites is 2. The third-order valence-corrected chi connectivity index (χ3v) is 27.6. The number of aliphatic hydroxyl groups is 1. The van der Waals surface area contributed by atoms with Gasteiger partial charge < -0.3 is 143 Å². The fourth-order valence-electron chi connectivity index (χ4n) is 19.9. The molecule has 27 N–H and O–H groups in total. The normalized spacial score (nSPS) is 21.7. The highest BCUT2D eigenvalue weighted by Crippen LogP contribution is 2.46. The van der Waals surface area contributed by atoms with Gasteiger partial charge in [0, 0.05) is 88.2 Å². The molecule has 2 fully saturated rings. The number of amides is 16. The Morgan fingerprint density at radius 2 is 0.787 bits per heavy atom. The van der Waals surface area contributed by atoms with Gasteiger partial charge in [0.1, 0.15) is 84.0 Å². The van der Waals surface area contributed by atoms with Crippen molar-refractivity contribution in [1.82, 2.24) is 84.2 Å². The molecule has 794 valence electrons. The van der Waals surface area contributed by atoms with Gasteiger partial charge in [0.25, 0.3) is 0 Å². The molecule has 5 unspecified atom stereocenters.